The molecule has 0 bridgehead atoms. The maximum Gasteiger partial charge on any atom is 0.306 e. The van der Waals surface area contributed by atoms with Crippen molar-refractivity contribution in [3.63, 3.8) is 0 Å². The number of halogens is 3. The Morgan fingerprint density at radius 2 is 1.32 bits per heavy atom. The summed E-state index contributed by atoms with van der Waals surface area (Å²) in [6, 6.07) is 0. The van der Waals surface area contributed by atoms with Gasteiger partial charge in [0.15, 0.2) is 40.1 Å². The van der Waals surface area contributed by atoms with Crippen molar-refractivity contribution in [2.75, 3.05) is 12.5 Å². The predicted octanol–water partition coefficient (Wildman–Crippen LogP) is 6.88. The first-order valence-electron chi connectivity index (χ1n) is 21.6. The van der Waals surface area contributed by atoms with Crippen molar-refractivity contribution in [3.05, 3.63) is 47.6 Å². The molecule has 8 aliphatic rings. The molecule has 0 aromatic carbocycles. The summed E-state index contributed by atoms with van der Waals surface area (Å²) < 4.78 is 39.9. The number of Topliss-reactive ketones (excluding diaryl/α,β-unsaturated/α-hetero) is 2. The molecule has 1 unspecified atom stereocenters. The first-order valence-corrected chi connectivity index (χ1v) is 22.1. The Morgan fingerprint density at radius 3 is 1.81 bits per heavy atom. The molecule has 3 N–H and O–H groups in total. The fourth-order valence-electron chi connectivity index (χ4n) is 15.1. The minimum absolute atomic E-state index is 0.0224. The summed E-state index contributed by atoms with van der Waals surface area (Å²) in [7, 11) is 0. The summed E-state index contributed by atoms with van der Waals surface area (Å²) in [6.45, 7) is 12.4. The average Bonchev–Trinajstić information content (AvgIpc) is 3.57. The van der Waals surface area contributed by atoms with Crippen molar-refractivity contribution in [1.29, 1.82) is 0 Å². The van der Waals surface area contributed by atoms with Crippen LogP contribution in [0.4, 0.5) is 8.78 Å². The largest absolute Gasteiger partial charge is 0.450 e. The van der Waals surface area contributed by atoms with Gasteiger partial charge in [0.25, 0.3) is 0 Å². The highest BCUT2D eigenvalue weighted by Gasteiger charge is 2.77. The molecular formula is C47H61ClF2O9. The molecule has 324 valence electrons. The Kier molecular flexibility index (Phi) is 11.0. The zero-order valence-electron chi connectivity index (χ0n) is 35.4. The second kappa shape index (κ2) is 14.6. The lowest BCUT2D eigenvalue weighted by atomic mass is 9.44. The number of hydrogen-bond donors (Lipinski definition) is 3. The highest BCUT2D eigenvalue weighted by Crippen LogP contribution is 2.72. The van der Waals surface area contributed by atoms with Gasteiger partial charge in [-0.3, -0.25) is 24.0 Å². The maximum absolute atomic E-state index is 17.2. The first kappa shape index (κ1) is 44.2. The molecule has 0 amide bonds. The summed E-state index contributed by atoms with van der Waals surface area (Å²) in [5.74, 6) is -3.57. The van der Waals surface area contributed by atoms with Crippen LogP contribution in [0.2, 0.25) is 0 Å². The van der Waals surface area contributed by atoms with E-state index in [2.05, 4.69) is 0 Å². The fourth-order valence-corrected chi connectivity index (χ4v) is 15.3. The number of carbonyl (C=O) groups is 5. The van der Waals surface area contributed by atoms with E-state index in [1.165, 1.54) is 24.3 Å². The lowest BCUT2D eigenvalue weighted by Gasteiger charge is -2.62. The predicted molar refractivity (Wildman–Crippen MR) is 216 cm³/mol. The van der Waals surface area contributed by atoms with E-state index in [1.807, 2.05) is 27.7 Å². The minimum atomic E-state index is -1.99. The number of aliphatic hydroxyl groups excluding tert-OH is 3. The van der Waals surface area contributed by atoms with Crippen molar-refractivity contribution in [1.82, 2.24) is 0 Å². The van der Waals surface area contributed by atoms with E-state index in [0.717, 1.165) is 12.0 Å². The van der Waals surface area contributed by atoms with Gasteiger partial charge in [-0.1, -0.05) is 57.9 Å². The maximum atomic E-state index is 17.2. The Bertz CT molecular complexity index is 1960. The third kappa shape index (κ3) is 5.71. The monoisotopic (exact) mass is 842 g/mol. The zero-order valence-corrected chi connectivity index (χ0v) is 36.1. The van der Waals surface area contributed by atoms with Crippen molar-refractivity contribution < 1.29 is 52.8 Å². The Balaban J connectivity index is 0.000000181. The highest BCUT2D eigenvalue weighted by atomic mass is 35.5. The molecular weight excluding hydrogens is 782 g/mol. The van der Waals surface area contributed by atoms with Gasteiger partial charge in [0, 0.05) is 46.3 Å². The van der Waals surface area contributed by atoms with Crippen LogP contribution in [0.3, 0.4) is 0 Å². The number of aliphatic hydroxyl groups is 3. The molecule has 16 atom stereocenters. The summed E-state index contributed by atoms with van der Waals surface area (Å²) in [4.78, 5) is 62.0. The standard InChI is InChI=1S/C25H32ClFO5.C22H29FO4/c1-5-21(31)32-25(20(30)13-26)14(2)10-18-17-7-6-15-11-16(28)8-9-22(15,3)24(17,27)19(29)12-23(18,25)4;1-12-8-16-15-5-4-13-9-14(25)6-7-21(13,3)22(15,23)18(27)10-20(16,2)19(12)17(26)11-24/h8-9,11,14,17-19,29H,5-7,10,12-13H2,1-4H3;6-7,9,12,15-16,18-19,24,27H,4-5,8,10-11H2,1-3H3/t14-,17-,18-,19-,22-,23-,24-,25-;12-,15+,16+,18?,19-,20+,21+,22+/m01/s1. The van der Waals surface area contributed by atoms with Crippen LogP contribution in [0.25, 0.3) is 0 Å². The van der Waals surface area contributed by atoms with Crippen LogP contribution in [0.5, 0.6) is 0 Å². The topological polar surface area (TPSA) is 155 Å². The van der Waals surface area contributed by atoms with Crippen molar-refractivity contribution in [2.45, 2.75) is 135 Å². The summed E-state index contributed by atoms with van der Waals surface area (Å²) in [5, 5.41) is 32.0. The highest BCUT2D eigenvalue weighted by molar-refractivity contribution is 6.29. The number of esters is 1. The van der Waals surface area contributed by atoms with Crippen LogP contribution < -0.4 is 0 Å². The number of fused-ring (bicyclic) bond motifs is 10. The number of hydrogen-bond acceptors (Lipinski definition) is 9. The molecule has 0 saturated heterocycles. The molecule has 6 fully saturated rings. The van der Waals surface area contributed by atoms with Crippen molar-refractivity contribution >= 4 is 40.7 Å². The molecule has 6 saturated carbocycles. The van der Waals surface area contributed by atoms with Crippen LogP contribution >= 0.6 is 11.6 Å². The van der Waals surface area contributed by atoms with Crippen molar-refractivity contribution in [2.24, 2.45) is 63.1 Å². The molecule has 0 aromatic heterocycles. The third-order valence-electron chi connectivity index (χ3n) is 17.8. The summed E-state index contributed by atoms with van der Waals surface area (Å²) in [6.07, 6.45) is 10.2. The molecule has 0 aliphatic heterocycles. The molecule has 59 heavy (non-hydrogen) atoms. The molecule has 8 aliphatic carbocycles. The van der Waals surface area contributed by atoms with Crippen LogP contribution in [0, 0.1) is 63.1 Å². The molecule has 0 spiro atoms. The minimum Gasteiger partial charge on any atom is -0.450 e. The normalized spacial score (nSPS) is 49.1. The number of ether oxygens (including phenoxy) is 1. The molecule has 12 heteroatoms. The summed E-state index contributed by atoms with van der Waals surface area (Å²) >= 11 is 6.01. The molecule has 0 radical (unpaired) electrons. The lowest BCUT2D eigenvalue weighted by molar-refractivity contribution is -0.227. The molecule has 8 rings (SSSR count). The Morgan fingerprint density at radius 1 is 0.814 bits per heavy atom. The Hall–Kier alpha value is -2.86. The number of rotatable bonds is 6. The van der Waals surface area contributed by atoms with E-state index in [4.69, 9.17) is 16.3 Å². The molecule has 0 heterocycles. The van der Waals surface area contributed by atoms with Crippen LogP contribution in [-0.2, 0) is 28.7 Å². The second-order valence-electron chi connectivity index (χ2n) is 20.2. The van der Waals surface area contributed by atoms with Gasteiger partial charge >= 0.3 is 5.97 Å². The van der Waals surface area contributed by atoms with Crippen LogP contribution in [-0.4, -0.2) is 86.1 Å². The number of carbonyl (C=O) groups excluding carboxylic acids is 5. The fraction of sp³-hybridized carbons (Fsp3) is 0.723. The number of alkyl halides is 3. The van der Waals surface area contributed by atoms with Gasteiger partial charge in [-0.05, 0) is 113 Å². The van der Waals surface area contributed by atoms with E-state index in [1.54, 1.807) is 32.9 Å². The van der Waals surface area contributed by atoms with Gasteiger partial charge in [0.2, 0.25) is 0 Å². The SMILES string of the molecule is CCC(=O)O[C@]1(C(=O)CCl)[C@@H](C)C[C@H]2[C@@H]3CCC4=CC(=O)C=C[C@]4(C)[C@@]3(F)[C@@H](O)C[C@@]21C.C[C@@H]1C[C@H]2[C@@H]3CCC4=CC(=O)C=C[C@]4(C)[C@@]3(F)C(O)C[C@]2(C)[C@H]1C(=O)CO. The van der Waals surface area contributed by atoms with Gasteiger partial charge in [0.1, 0.15) is 6.61 Å². The summed E-state index contributed by atoms with van der Waals surface area (Å²) in [5.41, 5.74) is -7.42. The Labute approximate surface area is 351 Å². The van der Waals surface area contributed by atoms with Gasteiger partial charge in [-0.2, -0.15) is 0 Å². The van der Waals surface area contributed by atoms with Gasteiger partial charge in [0.05, 0.1) is 18.1 Å². The first-order chi connectivity index (χ1) is 27.5. The van der Waals surface area contributed by atoms with Gasteiger partial charge in [-0.15, -0.1) is 11.6 Å². The number of allylic oxidation sites excluding steroid dienone is 8. The lowest BCUT2D eigenvalue weighted by Crippen LogP contribution is -2.70. The molecule has 9 nitrogen and oxygen atoms in total. The van der Waals surface area contributed by atoms with Crippen LogP contribution in [0.15, 0.2) is 47.6 Å². The zero-order chi connectivity index (χ0) is 43.5. The second-order valence-corrected chi connectivity index (χ2v) is 20.5. The number of ketones is 4. The van der Waals surface area contributed by atoms with E-state index in [-0.39, 0.29) is 83.8 Å². The van der Waals surface area contributed by atoms with Gasteiger partial charge in [-0.25, -0.2) is 8.78 Å². The molecule has 0 aromatic rings. The third-order valence-corrected chi connectivity index (χ3v) is 18.0. The van der Waals surface area contributed by atoms with E-state index in [9.17, 15) is 39.3 Å². The van der Waals surface area contributed by atoms with Crippen molar-refractivity contribution in [3.8, 4) is 0 Å². The van der Waals surface area contributed by atoms with E-state index >= 15 is 8.78 Å². The average molecular weight is 843 g/mol. The quantitative estimate of drug-likeness (QED) is 0.192. The van der Waals surface area contributed by atoms with Crippen LogP contribution in [0.1, 0.15) is 106 Å². The van der Waals surface area contributed by atoms with Gasteiger partial charge < -0.3 is 20.1 Å². The smallest absolute Gasteiger partial charge is 0.306 e. The van der Waals surface area contributed by atoms with E-state index < -0.39 is 69.3 Å². The van der Waals surface area contributed by atoms with E-state index in [0.29, 0.717) is 37.7 Å².